The maximum Gasteiger partial charge on any atom is 0.321 e. The average Bonchev–Trinajstić information content (AvgIpc) is 3.27. The molecule has 0 aromatic carbocycles. The van der Waals surface area contributed by atoms with E-state index in [4.69, 9.17) is 0 Å². The molecular weight excluding hydrogens is 302 g/mol. The van der Waals surface area contributed by atoms with Crippen molar-refractivity contribution in [1.82, 2.24) is 20.4 Å². The topological polar surface area (TPSA) is 87.2 Å². The molecule has 0 spiro atoms. The number of urea groups is 1. The first-order valence-electron chi connectivity index (χ1n) is 7.88. The standard InChI is InChI=1S/C14H21N5O2S/c20-11-4-2-1-3-8-19(11)9-7-15-13(21)16-14-18-17-12(22-14)10-5-6-10/h10H,1-9H2,(H2,15,16,18,21). The second kappa shape index (κ2) is 7.04. The minimum Gasteiger partial charge on any atom is -0.341 e. The highest BCUT2D eigenvalue weighted by atomic mass is 32.1. The van der Waals surface area contributed by atoms with Gasteiger partial charge in [-0.1, -0.05) is 17.8 Å². The van der Waals surface area contributed by atoms with Gasteiger partial charge in [0.2, 0.25) is 11.0 Å². The maximum absolute atomic E-state index is 11.8. The molecule has 0 radical (unpaired) electrons. The Balaban J connectivity index is 1.38. The third-order valence-corrected chi connectivity index (χ3v) is 4.93. The second-order valence-electron chi connectivity index (χ2n) is 5.79. The molecule has 0 bridgehead atoms. The lowest BCUT2D eigenvalue weighted by Crippen LogP contribution is -2.39. The van der Waals surface area contributed by atoms with Crippen LogP contribution in [0.2, 0.25) is 0 Å². The van der Waals surface area contributed by atoms with Gasteiger partial charge in [0.05, 0.1) is 0 Å². The van der Waals surface area contributed by atoms with Crippen LogP contribution in [0.1, 0.15) is 49.5 Å². The number of carbonyl (C=O) groups excluding carboxylic acids is 2. The Bertz CT molecular complexity index is 543. The van der Waals surface area contributed by atoms with Crippen LogP contribution < -0.4 is 10.6 Å². The number of aromatic nitrogens is 2. The number of likely N-dealkylation sites (tertiary alicyclic amines) is 1. The lowest BCUT2D eigenvalue weighted by atomic mass is 10.2. The van der Waals surface area contributed by atoms with Crippen LogP contribution in [0.5, 0.6) is 0 Å². The summed E-state index contributed by atoms with van der Waals surface area (Å²) in [6.07, 6.45) is 6.10. The Morgan fingerprint density at radius 2 is 2.14 bits per heavy atom. The SMILES string of the molecule is O=C(NCCN1CCCCCC1=O)Nc1nnc(C2CC2)s1. The van der Waals surface area contributed by atoms with Crippen LogP contribution in [0.15, 0.2) is 0 Å². The highest BCUT2D eigenvalue weighted by molar-refractivity contribution is 7.15. The molecule has 3 amide bonds. The van der Waals surface area contributed by atoms with Crippen molar-refractivity contribution in [3.8, 4) is 0 Å². The van der Waals surface area contributed by atoms with Crippen LogP contribution in [0.25, 0.3) is 0 Å². The molecule has 7 nitrogen and oxygen atoms in total. The second-order valence-corrected chi connectivity index (χ2v) is 6.80. The summed E-state index contributed by atoms with van der Waals surface area (Å²) in [6, 6.07) is -0.291. The van der Waals surface area contributed by atoms with Gasteiger partial charge in [-0.3, -0.25) is 10.1 Å². The van der Waals surface area contributed by atoms with Crippen molar-refractivity contribution in [2.75, 3.05) is 25.0 Å². The fourth-order valence-corrected chi connectivity index (χ4v) is 3.41. The normalized spacial score (nSPS) is 18.9. The molecule has 22 heavy (non-hydrogen) atoms. The summed E-state index contributed by atoms with van der Waals surface area (Å²) in [7, 11) is 0. The molecule has 1 saturated heterocycles. The molecule has 2 N–H and O–H groups in total. The van der Waals surface area contributed by atoms with Crippen molar-refractivity contribution in [3.63, 3.8) is 0 Å². The van der Waals surface area contributed by atoms with Gasteiger partial charge in [-0.15, -0.1) is 10.2 Å². The number of nitrogens with one attached hydrogen (secondary N) is 2. The average molecular weight is 323 g/mol. The summed E-state index contributed by atoms with van der Waals surface area (Å²) in [5.41, 5.74) is 0. The van der Waals surface area contributed by atoms with Gasteiger partial charge in [-0.2, -0.15) is 0 Å². The van der Waals surface area contributed by atoms with Gasteiger partial charge in [-0.05, 0) is 25.7 Å². The molecule has 1 saturated carbocycles. The van der Waals surface area contributed by atoms with E-state index >= 15 is 0 Å². The van der Waals surface area contributed by atoms with Crippen molar-refractivity contribution in [1.29, 1.82) is 0 Å². The molecule has 3 rings (SSSR count). The van der Waals surface area contributed by atoms with E-state index in [9.17, 15) is 9.59 Å². The number of rotatable bonds is 5. The van der Waals surface area contributed by atoms with Gasteiger partial charge < -0.3 is 10.2 Å². The van der Waals surface area contributed by atoms with Crippen molar-refractivity contribution in [2.24, 2.45) is 0 Å². The Kier molecular flexibility index (Phi) is 4.87. The first-order chi connectivity index (χ1) is 10.7. The van der Waals surface area contributed by atoms with Crippen molar-refractivity contribution in [2.45, 2.75) is 44.4 Å². The van der Waals surface area contributed by atoms with Crippen LogP contribution in [-0.4, -0.2) is 46.7 Å². The highest BCUT2D eigenvalue weighted by Gasteiger charge is 2.27. The Morgan fingerprint density at radius 1 is 1.27 bits per heavy atom. The molecule has 1 aliphatic carbocycles. The third kappa shape index (κ3) is 4.16. The van der Waals surface area contributed by atoms with Crippen LogP contribution in [0, 0.1) is 0 Å². The maximum atomic E-state index is 11.8. The number of anilines is 1. The zero-order chi connectivity index (χ0) is 15.4. The van der Waals surface area contributed by atoms with Crippen LogP contribution in [0.4, 0.5) is 9.93 Å². The summed E-state index contributed by atoms with van der Waals surface area (Å²) in [4.78, 5) is 25.5. The number of carbonyl (C=O) groups is 2. The molecule has 1 aromatic heterocycles. The summed E-state index contributed by atoms with van der Waals surface area (Å²) in [5.74, 6) is 0.739. The van der Waals surface area contributed by atoms with E-state index in [2.05, 4.69) is 20.8 Å². The summed E-state index contributed by atoms with van der Waals surface area (Å²) in [6.45, 7) is 1.81. The van der Waals surface area contributed by atoms with Gasteiger partial charge in [0.15, 0.2) is 0 Å². The van der Waals surface area contributed by atoms with E-state index in [0.717, 1.165) is 30.8 Å². The van der Waals surface area contributed by atoms with Gasteiger partial charge in [-0.25, -0.2) is 4.79 Å². The molecule has 2 aliphatic rings. The van der Waals surface area contributed by atoms with Gasteiger partial charge in [0.1, 0.15) is 5.01 Å². The Labute approximate surface area is 133 Å². The summed E-state index contributed by atoms with van der Waals surface area (Å²) >= 11 is 1.44. The quantitative estimate of drug-likeness (QED) is 0.867. The van der Waals surface area contributed by atoms with Crippen LogP contribution in [-0.2, 0) is 4.79 Å². The number of hydrogen-bond acceptors (Lipinski definition) is 5. The molecule has 8 heteroatoms. The Morgan fingerprint density at radius 3 is 2.95 bits per heavy atom. The molecule has 120 valence electrons. The molecule has 1 aliphatic heterocycles. The number of amides is 3. The lowest BCUT2D eigenvalue weighted by Gasteiger charge is -2.20. The molecule has 0 unspecified atom stereocenters. The van der Waals surface area contributed by atoms with Gasteiger partial charge in [0.25, 0.3) is 0 Å². The molecule has 1 aromatic rings. The largest absolute Gasteiger partial charge is 0.341 e. The van der Waals surface area contributed by atoms with Crippen molar-refractivity contribution >= 4 is 28.4 Å². The van der Waals surface area contributed by atoms with Crippen LogP contribution >= 0.6 is 11.3 Å². The lowest BCUT2D eigenvalue weighted by molar-refractivity contribution is -0.130. The van der Waals surface area contributed by atoms with E-state index < -0.39 is 0 Å². The predicted octanol–water partition coefficient (Wildman–Crippen LogP) is 1.94. The zero-order valence-electron chi connectivity index (χ0n) is 12.5. The predicted molar refractivity (Wildman–Crippen MR) is 84.0 cm³/mol. The van der Waals surface area contributed by atoms with E-state index in [1.807, 2.05) is 4.90 Å². The molecule has 2 heterocycles. The van der Waals surface area contributed by atoms with E-state index in [0.29, 0.717) is 30.6 Å². The van der Waals surface area contributed by atoms with Crippen LogP contribution in [0.3, 0.4) is 0 Å². The summed E-state index contributed by atoms with van der Waals surface area (Å²) < 4.78 is 0. The third-order valence-electron chi connectivity index (χ3n) is 3.93. The summed E-state index contributed by atoms with van der Waals surface area (Å²) in [5, 5.41) is 15.1. The first kappa shape index (κ1) is 15.2. The highest BCUT2D eigenvalue weighted by Crippen LogP contribution is 2.41. The molecular formula is C14H21N5O2S. The van der Waals surface area contributed by atoms with Crippen molar-refractivity contribution in [3.05, 3.63) is 5.01 Å². The number of nitrogens with zero attached hydrogens (tertiary/aromatic N) is 3. The Hall–Kier alpha value is -1.70. The minimum atomic E-state index is -0.291. The van der Waals surface area contributed by atoms with Gasteiger partial charge in [0, 0.05) is 32.0 Å². The fourth-order valence-electron chi connectivity index (χ4n) is 2.50. The monoisotopic (exact) mass is 323 g/mol. The van der Waals surface area contributed by atoms with Crippen molar-refractivity contribution < 1.29 is 9.59 Å². The smallest absolute Gasteiger partial charge is 0.321 e. The van der Waals surface area contributed by atoms with E-state index in [-0.39, 0.29) is 11.9 Å². The molecule has 2 fully saturated rings. The number of hydrogen-bond donors (Lipinski definition) is 2. The fraction of sp³-hybridized carbons (Fsp3) is 0.714. The zero-order valence-corrected chi connectivity index (χ0v) is 13.3. The first-order valence-corrected chi connectivity index (χ1v) is 8.70. The molecule has 0 atom stereocenters. The van der Waals surface area contributed by atoms with E-state index in [1.165, 1.54) is 24.2 Å². The minimum absolute atomic E-state index is 0.193. The van der Waals surface area contributed by atoms with E-state index in [1.54, 1.807) is 0 Å². The van der Waals surface area contributed by atoms with Gasteiger partial charge >= 0.3 is 6.03 Å².